The second-order valence-electron chi connectivity index (χ2n) is 3.68. The zero-order valence-electron chi connectivity index (χ0n) is 9.01. The molecule has 0 aliphatic rings. The van der Waals surface area contributed by atoms with Gasteiger partial charge in [0.25, 0.3) is 0 Å². The quantitative estimate of drug-likeness (QED) is 0.527. The van der Waals surface area contributed by atoms with Crippen LogP contribution in [0.25, 0.3) is 22.2 Å². The van der Waals surface area contributed by atoms with Crippen LogP contribution in [0.15, 0.2) is 42.9 Å². The monoisotopic (exact) mass is 370 g/mol. The molecular weight excluding hydrogens is 363 g/mol. The number of fused-ring (bicyclic) bond motifs is 1. The van der Waals surface area contributed by atoms with E-state index in [1.807, 2.05) is 23.1 Å². The first-order valence-corrected chi connectivity index (χ1v) is 7.73. The summed E-state index contributed by atoms with van der Waals surface area (Å²) in [7, 11) is 0. The van der Waals surface area contributed by atoms with Gasteiger partial charge in [0, 0.05) is 0 Å². The fourth-order valence-corrected chi connectivity index (χ4v) is 3.34. The average molecular weight is 370 g/mol. The number of benzene rings is 1. The van der Waals surface area contributed by atoms with Gasteiger partial charge in [0.05, 0.1) is 0 Å². The van der Waals surface area contributed by atoms with Crippen molar-refractivity contribution in [2.24, 2.45) is 0 Å². The van der Waals surface area contributed by atoms with Gasteiger partial charge >= 0.3 is 117 Å². The molecule has 4 nitrogen and oxygen atoms in total. The number of para-hydroxylation sites is 1. The number of rotatable bonds is 1. The Labute approximate surface area is 116 Å². The first kappa shape index (κ1) is 11.7. The van der Waals surface area contributed by atoms with E-state index < -0.39 is 5.63 Å². The van der Waals surface area contributed by atoms with Crippen LogP contribution in [0.5, 0.6) is 0 Å². The van der Waals surface area contributed by atoms with Crippen LogP contribution in [0.4, 0.5) is 4.69 Å². The second-order valence-corrected chi connectivity index (χ2v) is 6.40. The van der Waals surface area contributed by atoms with Gasteiger partial charge in [0.1, 0.15) is 0 Å². The molecule has 0 bridgehead atoms. The van der Waals surface area contributed by atoms with Crippen LogP contribution in [0.1, 0.15) is 0 Å². The van der Waals surface area contributed by atoms with Crippen LogP contribution >= 0.6 is 15.9 Å². The topological polar surface area (TPSA) is 69.1 Å². The molecule has 3 rings (SSSR count). The van der Waals surface area contributed by atoms with Crippen LogP contribution in [0.3, 0.4) is 0 Å². The number of hydrogen-bond acceptors (Lipinski definition) is 4. The summed E-state index contributed by atoms with van der Waals surface area (Å²) in [5.41, 5.74) is 6.86. The van der Waals surface area contributed by atoms with Gasteiger partial charge in [-0.15, -0.1) is 0 Å². The van der Waals surface area contributed by atoms with Crippen molar-refractivity contribution in [3.8, 4) is 11.3 Å². The normalized spacial score (nSPS) is 10.9. The summed E-state index contributed by atoms with van der Waals surface area (Å²) in [6.45, 7) is 0. The van der Waals surface area contributed by atoms with E-state index in [0.29, 0.717) is 21.5 Å². The number of nitrogens with zero attached hydrogens (tertiary/aromatic N) is 1. The molecule has 90 valence electrons. The Morgan fingerprint density at radius 3 is 2.94 bits per heavy atom. The minimum atomic E-state index is -0.394. The van der Waals surface area contributed by atoms with Crippen LogP contribution in [-0.2, 0) is 0 Å². The summed E-state index contributed by atoms with van der Waals surface area (Å²) in [5.74, 6) is 0. The second kappa shape index (κ2) is 4.39. The molecule has 0 spiro atoms. The third-order valence-electron chi connectivity index (χ3n) is 2.51. The summed E-state index contributed by atoms with van der Waals surface area (Å²) in [6, 6.07) is 7.40. The predicted molar refractivity (Wildman–Crippen MR) is 74.8 cm³/mol. The maximum atomic E-state index is 11.9. The molecule has 0 aliphatic heterocycles. The van der Waals surface area contributed by atoms with E-state index in [1.54, 1.807) is 6.07 Å². The summed E-state index contributed by atoms with van der Waals surface area (Å²) >= 11 is 3.39. The van der Waals surface area contributed by atoms with Crippen LogP contribution in [-0.4, -0.2) is 19.5 Å². The standard InChI is InChI=1S/C12H7BrN2O2Se/c13-8-3-1-2-6-4-7(11(16)17-10(6)8)9-5-18-12(14)15-9/h1-5H,(H2,14,15). The number of anilines is 1. The molecule has 0 atom stereocenters. The van der Waals surface area contributed by atoms with Gasteiger partial charge < -0.3 is 0 Å². The molecule has 0 aliphatic carbocycles. The van der Waals surface area contributed by atoms with E-state index in [4.69, 9.17) is 10.2 Å². The van der Waals surface area contributed by atoms with Crippen molar-refractivity contribution < 1.29 is 4.42 Å². The Morgan fingerprint density at radius 1 is 1.39 bits per heavy atom. The molecule has 0 radical (unpaired) electrons. The summed E-state index contributed by atoms with van der Waals surface area (Å²) in [6.07, 6.45) is 0. The fraction of sp³-hybridized carbons (Fsp3) is 0. The molecule has 0 saturated carbocycles. The Hall–Kier alpha value is -1.36. The maximum absolute atomic E-state index is 11.9. The van der Waals surface area contributed by atoms with E-state index in [1.165, 1.54) is 0 Å². The SMILES string of the molecule is Nc1nc(-c2cc3cccc(Br)c3oc2=O)c[se]1. The van der Waals surface area contributed by atoms with E-state index in [2.05, 4.69) is 20.9 Å². The predicted octanol–water partition coefficient (Wildman–Crippen LogP) is 2.26. The molecule has 2 N–H and O–H groups in total. The third kappa shape index (κ3) is 1.92. The summed E-state index contributed by atoms with van der Waals surface area (Å²) in [5, 5.41) is 0.855. The molecule has 2 aromatic heterocycles. The molecular formula is C12H7BrN2O2Se. The molecule has 18 heavy (non-hydrogen) atoms. The Balaban J connectivity index is 2.32. The van der Waals surface area contributed by atoms with Crippen molar-refractivity contribution in [3.05, 3.63) is 44.1 Å². The number of halogens is 1. The molecule has 0 fully saturated rings. The fourth-order valence-electron chi connectivity index (χ4n) is 1.70. The third-order valence-corrected chi connectivity index (χ3v) is 4.55. The van der Waals surface area contributed by atoms with Gasteiger partial charge in [-0.3, -0.25) is 0 Å². The molecule has 0 unspecified atom stereocenters. The summed E-state index contributed by atoms with van der Waals surface area (Å²) in [4.78, 5) is 18.0. The van der Waals surface area contributed by atoms with Gasteiger partial charge in [0.2, 0.25) is 0 Å². The van der Waals surface area contributed by atoms with Crippen LogP contribution in [0, 0.1) is 0 Å². The molecule has 3 aromatic rings. The van der Waals surface area contributed by atoms with E-state index in [-0.39, 0.29) is 14.5 Å². The van der Waals surface area contributed by atoms with Gasteiger partial charge in [-0.2, -0.15) is 0 Å². The van der Waals surface area contributed by atoms with Crippen molar-refractivity contribution in [3.63, 3.8) is 0 Å². The first-order chi connectivity index (χ1) is 8.65. The molecule has 0 amide bonds. The zero-order chi connectivity index (χ0) is 12.7. The molecule has 2 heterocycles. The van der Waals surface area contributed by atoms with E-state index in [9.17, 15) is 4.79 Å². The number of aromatic nitrogens is 1. The minimum absolute atomic E-state index is 0.0357. The molecule has 0 saturated heterocycles. The van der Waals surface area contributed by atoms with Crippen molar-refractivity contribution >= 4 is 46.1 Å². The molecule has 6 heteroatoms. The van der Waals surface area contributed by atoms with Crippen molar-refractivity contribution in [2.45, 2.75) is 0 Å². The van der Waals surface area contributed by atoms with Crippen molar-refractivity contribution in [1.82, 2.24) is 4.98 Å². The van der Waals surface area contributed by atoms with Gasteiger partial charge in [-0.25, -0.2) is 0 Å². The van der Waals surface area contributed by atoms with Gasteiger partial charge in [-0.1, -0.05) is 0 Å². The Morgan fingerprint density at radius 2 is 2.22 bits per heavy atom. The Bertz CT molecular complexity index is 794. The van der Waals surface area contributed by atoms with E-state index >= 15 is 0 Å². The Kier molecular flexibility index (Phi) is 2.86. The zero-order valence-corrected chi connectivity index (χ0v) is 12.3. The molecule has 1 aromatic carbocycles. The number of nitrogen functional groups attached to an aromatic ring is 1. The van der Waals surface area contributed by atoms with E-state index in [0.717, 1.165) is 9.86 Å². The summed E-state index contributed by atoms with van der Waals surface area (Å²) < 4.78 is 6.66. The van der Waals surface area contributed by atoms with Gasteiger partial charge in [0.15, 0.2) is 0 Å². The van der Waals surface area contributed by atoms with Gasteiger partial charge in [-0.05, 0) is 0 Å². The first-order valence-electron chi connectivity index (χ1n) is 5.09. The number of hydrogen-bond donors (Lipinski definition) is 1. The van der Waals surface area contributed by atoms with Crippen LogP contribution < -0.4 is 11.4 Å². The van der Waals surface area contributed by atoms with Crippen molar-refractivity contribution in [1.29, 1.82) is 0 Å². The number of nitrogens with two attached hydrogens (primary N) is 1. The van der Waals surface area contributed by atoms with Crippen molar-refractivity contribution in [2.75, 3.05) is 5.73 Å². The average Bonchev–Trinajstić information content (AvgIpc) is 2.76. The van der Waals surface area contributed by atoms with Crippen LogP contribution in [0.2, 0.25) is 0 Å².